The Hall–Kier alpha value is -0.840. The zero-order chi connectivity index (χ0) is 15.0. The lowest BCUT2D eigenvalue weighted by Gasteiger charge is -2.24. The van der Waals surface area contributed by atoms with Crippen LogP contribution in [0.3, 0.4) is 0 Å². The number of ether oxygens (including phenoxy) is 2. The van der Waals surface area contributed by atoms with Gasteiger partial charge in [0.15, 0.2) is 6.29 Å². The van der Waals surface area contributed by atoms with Crippen LogP contribution in [-0.4, -0.2) is 33.6 Å². The van der Waals surface area contributed by atoms with E-state index in [-0.39, 0.29) is 12.1 Å². The highest BCUT2D eigenvalue weighted by Crippen LogP contribution is 2.45. The maximum absolute atomic E-state index is 14.0. The molecular formula is C16H21ClFNO2. The van der Waals surface area contributed by atoms with Crippen molar-refractivity contribution in [1.29, 1.82) is 0 Å². The summed E-state index contributed by atoms with van der Waals surface area (Å²) in [4.78, 5) is 2.13. The van der Waals surface area contributed by atoms with Crippen LogP contribution < -0.4 is 4.90 Å². The van der Waals surface area contributed by atoms with Crippen LogP contribution in [0.2, 0.25) is 5.02 Å². The Morgan fingerprint density at radius 3 is 2.38 bits per heavy atom. The topological polar surface area (TPSA) is 21.7 Å². The first-order valence-electron chi connectivity index (χ1n) is 7.38. The maximum atomic E-state index is 14.0. The van der Waals surface area contributed by atoms with Gasteiger partial charge in [-0.15, -0.1) is 0 Å². The van der Waals surface area contributed by atoms with Gasteiger partial charge in [0.25, 0.3) is 0 Å². The summed E-state index contributed by atoms with van der Waals surface area (Å²) in [5, 5.41) is 0.583. The second-order valence-corrected chi connectivity index (χ2v) is 6.53. The van der Waals surface area contributed by atoms with E-state index >= 15 is 0 Å². The average Bonchev–Trinajstić information content (AvgIpc) is 3.01. The molecule has 0 radical (unpaired) electrons. The Balaban J connectivity index is 1.68. The minimum atomic E-state index is -0.192. The van der Waals surface area contributed by atoms with Gasteiger partial charge in [-0.25, -0.2) is 4.39 Å². The van der Waals surface area contributed by atoms with Crippen molar-refractivity contribution >= 4 is 17.3 Å². The Kier molecular flexibility index (Phi) is 4.38. The first-order valence-corrected chi connectivity index (χ1v) is 7.75. The largest absolute Gasteiger partial charge is 0.369 e. The smallest absolute Gasteiger partial charge is 0.159 e. The Morgan fingerprint density at radius 1 is 1.19 bits per heavy atom. The zero-order valence-electron chi connectivity index (χ0n) is 12.4. The van der Waals surface area contributed by atoms with Gasteiger partial charge in [0.05, 0.1) is 5.69 Å². The summed E-state index contributed by atoms with van der Waals surface area (Å²) < 4.78 is 24.7. The molecule has 3 nitrogen and oxygen atoms in total. The number of halogens is 2. The molecule has 0 bridgehead atoms. The van der Waals surface area contributed by atoms with Crippen molar-refractivity contribution in [2.45, 2.75) is 19.1 Å². The minimum Gasteiger partial charge on any atom is -0.369 e. The lowest BCUT2D eigenvalue weighted by molar-refractivity contribution is -0.136. The van der Waals surface area contributed by atoms with Gasteiger partial charge in [-0.05, 0) is 42.9 Å². The van der Waals surface area contributed by atoms with Gasteiger partial charge in [-0.2, -0.15) is 0 Å². The molecule has 1 aromatic carbocycles. The second-order valence-electron chi connectivity index (χ2n) is 6.09. The van der Waals surface area contributed by atoms with Crippen LogP contribution in [0.1, 0.15) is 12.8 Å². The number of nitrogens with zero attached hydrogens (tertiary/aromatic N) is 1. The number of anilines is 1. The van der Waals surface area contributed by atoms with Crippen molar-refractivity contribution in [3.05, 3.63) is 29.0 Å². The fourth-order valence-electron chi connectivity index (χ4n) is 3.97. The Labute approximate surface area is 130 Å². The first-order chi connectivity index (χ1) is 10.1. The second kappa shape index (κ2) is 6.11. The van der Waals surface area contributed by atoms with Crippen molar-refractivity contribution in [3.8, 4) is 0 Å². The van der Waals surface area contributed by atoms with E-state index in [1.54, 1.807) is 26.4 Å². The molecule has 1 aliphatic carbocycles. The highest BCUT2D eigenvalue weighted by Gasteiger charge is 2.44. The van der Waals surface area contributed by atoms with Crippen LogP contribution in [0.25, 0.3) is 0 Å². The van der Waals surface area contributed by atoms with Crippen molar-refractivity contribution in [3.63, 3.8) is 0 Å². The maximum Gasteiger partial charge on any atom is 0.159 e. The van der Waals surface area contributed by atoms with E-state index in [0.717, 1.165) is 25.9 Å². The van der Waals surface area contributed by atoms with E-state index in [1.165, 1.54) is 6.07 Å². The number of hydrogen-bond acceptors (Lipinski definition) is 3. The van der Waals surface area contributed by atoms with E-state index in [0.29, 0.717) is 28.5 Å². The van der Waals surface area contributed by atoms with E-state index in [2.05, 4.69) is 4.90 Å². The van der Waals surface area contributed by atoms with Gasteiger partial charge in [0, 0.05) is 38.2 Å². The van der Waals surface area contributed by atoms with E-state index in [9.17, 15) is 4.39 Å². The molecule has 1 aliphatic heterocycles. The number of fused-ring (bicyclic) bond motifs is 1. The molecule has 2 atom stereocenters. The molecular weight excluding hydrogens is 293 g/mol. The van der Waals surface area contributed by atoms with Gasteiger partial charge < -0.3 is 14.4 Å². The lowest BCUT2D eigenvalue weighted by Crippen LogP contribution is -2.27. The zero-order valence-corrected chi connectivity index (χ0v) is 13.1. The molecule has 1 aromatic rings. The van der Waals surface area contributed by atoms with E-state index < -0.39 is 0 Å². The van der Waals surface area contributed by atoms with Crippen LogP contribution in [0.15, 0.2) is 18.2 Å². The SMILES string of the molecule is COC(OC)C1CC2CN(c3cc(Cl)ccc3F)CC2C1. The molecule has 0 amide bonds. The van der Waals surface area contributed by atoms with Crippen LogP contribution in [-0.2, 0) is 9.47 Å². The molecule has 1 saturated carbocycles. The van der Waals surface area contributed by atoms with Crippen LogP contribution in [0.4, 0.5) is 10.1 Å². The minimum absolute atomic E-state index is 0.119. The van der Waals surface area contributed by atoms with E-state index in [1.807, 2.05) is 0 Å². The normalized spacial score (nSPS) is 28.4. The van der Waals surface area contributed by atoms with Crippen molar-refractivity contribution in [1.82, 2.24) is 0 Å². The van der Waals surface area contributed by atoms with Crippen LogP contribution in [0.5, 0.6) is 0 Å². The summed E-state index contributed by atoms with van der Waals surface area (Å²) in [5.74, 6) is 1.42. The molecule has 116 valence electrons. The number of hydrogen-bond donors (Lipinski definition) is 0. The summed E-state index contributed by atoms with van der Waals surface area (Å²) in [6.45, 7) is 1.77. The van der Waals surface area contributed by atoms with Crippen LogP contribution in [0, 0.1) is 23.6 Å². The van der Waals surface area contributed by atoms with Crippen molar-refractivity contribution < 1.29 is 13.9 Å². The third-order valence-electron chi connectivity index (χ3n) is 4.89. The number of benzene rings is 1. The summed E-state index contributed by atoms with van der Waals surface area (Å²) in [5.41, 5.74) is 0.628. The van der Waals surface area contributed by atoms with Gasteiger partial charge in [0.2, 0.25) is 0 Å². The molecule has 2 aliphatic rings. The summed E-state index contributed by atoms with van der Waals surface area (Å²) in [6.07, 6.45) is 2.04. The Morgan fingerprint density at radius 2 is 1.81 bits per heavy atom. The molecule has 2 fully saturated rings. The number of rotatable bonds is 4. The molecule has 1 saturated heterocycles. The molecule has 1 heterocycles. The number of methoxy groups -OCH3 is 2. The third-order valence-corrected chi connectivity index (χ3v) is 5.12. The fourth-order valence-corrected chi connectivity index (χ4v) is 4.14. The monoisotopic (exact) mass is 313 g/mol. The van der Waals surface area contributed by atoms with Gasteiger partial charge in [-0.1, -0.05) is 11.6 Å². The van der Waals surface area contributed by atoms with Crippen LogP contribution >= 0.6 is 11.6 Å². The quantitative estimate of drug-likeness (QED) is 0.793. The standard InChI is InChI=1S/C16H21ClFNO2/c1-20-16(21-2)10-5-11-8-19(9-12(11)6-10)15-7-13(17)3-4-14(15)18/h3-4,7,10-12,16H,5-6,8-9H2,1-2H3. The third kappa shape index (κ3) is 2.89. The van der Waals surface area contributed by atoms with Crippen molar-refractivity contribution in [2.24, 2.45) is 17.8 Å². The highest BCUT2D eigenvalue weighted by atomic mass is 35.5. The molecule has 0 aromatic heterocycles. The molecule has 0 N–H and O–H groups in total. The fraction of sp³-hybridized carbons (Fsp3) is 0.625. The molecule has 3 rings (SSSR count). The summed E-state index contributed by atoms with van der Waals surface area (Å²) >= 11 is 5.99. The predicted molar refractivity (Wildman–Crippen MR) is 81.1 cm³/mol. The van der Waals surface area contributed by atoms with Crippen molar-refractivity contribution in [2.75, 3.05) is 32.2 Å². The lowest BCUT2D eigenvalue weighted by atomic mass is 10.0. The first kappa shape index (κ1) is 15.1. The summed E-state index contributed by atoms with van der Waals surface area (Å²) in [6, 6.07) is 4.76. The molecule has 2 unspecified atom stereocenters. The van der Waals surface area contributed by atoms with Gasteiger partial charge in [0.1, 0.15) is 5.82 Å². The average molecular weight is 314 g/mol. The highest BCUT2D eigenvalue weighted by molar-refractivity contribution is 6.30. The Bertz CT molecular complexity index is 495. The van der Waals surface area contributed by atoms with E-state index in [4.69, 9.17) is 21.1 Å². The molecule has 21 heavy (non-hydrogen) atoms. The molecule has 0 spiro atoms. The van der Waals surface area contributed by atoms with Gasteiger partial charge >= 0.3 is 0 Å². The summed E-state index contributed by atoms with van der Waals surface area (Å²) in [7, 11) is 3.38. The molecule has 5 heteroatoms. The predicted octanol–water partition coefficient (Wildman–Crippen LogP) is 3.56. The van der Waals surface area contributed by atoms with Gasteiger partial charge in [-0.3, -0.25) is 0 Å².